The van der Waals surface area contributed by atoms with E-state index in [1.54, 1.807) is 18.0 Å². The number of hydrogen-bond donors (Lipinski definition) is 2. The summed E-state index contributed by atoms with van der Waals surface area (Å²) in [7, 11) is 1.67. The first-order chi connectivity index (χ1) is 9.20. The van der Waals surface area contributed by atoms with Crippen molar-refractivity contribution in [3.8, 4) is 0 Å². The Morgan fingerprint density at radius 2 is 2.00 bits per heavy atom. The van der Waals surface area contributed by atoms with Crippen LogP contribution in [-0.4, -0.2) is 34.6 Å². The number of amides is 2. The van der Waals surface area contributed by atoms with Gasteiger partial charge in [-0.1, -0.05) is 24.6 Å². The summed E-state index contributed by atoms with van der Waals surface area (Å²) in [4.78, 5) is 24.9. The molecule has 2 amide bonds. The topological polar surface area (TPSA) is 69.6 Å². The lowest BCUT2D eigenvalue weighted by Gasteiger charge is -2.34. The van der Waals surface area contributed by atoms with Crippen LogP contribution in [0.4, 0.5) is 10.5 Å². The third-order valence-corrected chi connectivity index (χ3v) is 3.86. The van der Waals surface area contributed by atoms with E-state index in [2.05, 4.69) is 5.32 Å². The van der Waals surface area contributed by atoms with Crippen molar-refractivity contribution >= 4 is 29.3 Å². The van der Waals surface area contributed by atoms with Crippen LogP contribution in [0.5, 0.6) is 0 Å². The van der Waals surface area contributed by atoms with E-state index in [4.69, 9.17) is 16.7 Å². The van der Waals surface area contributed by atoms with Gasteiger partial charge in [0.05, 0.1) is 10.7 Å². The maximum absolute atomic E-state index is 12.2. The van der Waals surface area contributed by atoms with Crippen LogP contribution in [0.2, 0.25) is 5.02 Å². The van der Waals surface area contributed by atoms with Crippen LogP contribution < -0.4 is 5.32 Å². The molecular weight excluding hydrogens is 280 g/mol. The predicted octanol–water partition coefficient (Wildman–Crippen LogP) is 3.69. The van der Waals surface area contributed by atoms with Gasteiger partial charge < -0.3 is 15.3 Å². The fraction of sp³-hybridized carbons (Fsp3) is 0.429. The van der Waals surface area contributed by atoms with E-state index in [0.717, 1.165) is 6.42 Å². The molecule has 0 aromatic heterocycles. The fourth-order valence-corrected chi connectivity index (χ4v) is 1.81. The molecule has 0 saturated heterocycles. The van der Waals surface area contributed by atoms with Gasteiger partial charge >= 0.3 is 12.0 Å². The Hall–Kier alpha value is -1.75. The maximum Gasteiger partial charge on any atom is 0.339 e. The second-order valence-corrected chi connectivity index (χ2v) is 5.53. The Bertz CT molecular complexity index is 529. The van der Waals surface area contributed by atoms with E-state index in [-0.39, 0.29) is 27.8 Å². The van der Waals surface area contributed by atoms with Crippen LogP contribution in [0, 0.1) is 0 Å². The normalized spacial score (nSPS) is 11.1. The Labute approximate surface area is 123 Å². The number of carbonyl (C=O) groups is 2. The minimum Gasteiger partial charge on any atom is -0.478 e. The standard InChI is InChI=1S/C14H19ClN2O3/c1-5-14(2,3)17(4)13(20)16-10-8-6-7-9(15)11(10)12(18)19/h6-8H,5H2,1-4H3,(H,16,20)(H,18,19). The first kappa shape index (κ1) is 16.3. The van der Waals surface area contributed by atoms with Gasteiger partial charge in [0.1, 0.15) is 5.56 Å². The average molecular weight is 299 g/mol. The molecule has 0 radical (unpaired) electrons. The SMILES string of the molecule is CCC(C)(C)N(C)C(=O)Nc1cccc(Cl)c1C(=O)O. The maximum atomic E-state index is 12.2. The Morgan fingerprint density at radius 3 is 2.50 bits per heavy atom. The molecule has 20 heavy (non-hydrogen) atoms. The van der Waals surface area contributed by atoms with Gasteiger partial charge in [-0.3, -0.25) is 0 Å². The zero-order valence-corrected chi connectivity index (χ0v) is 12.8. The number of benzene rings is 1. The molecule has 0 unspecified atom stereocenters. The van der Waals surface area contributed by atoms with Crippen molar-refractivity contribution in [2.24, 2.45) is 0 Å². The monoisotopic (exact) mass is 298 g/mol. The molecule has 0 aliphatic carbocycles. The van der Waals surface area contributed by atoms with Crippen LogP contribution in [0.25, 0.3) is 0 Å². The molecule has 0 atom stereocenters. The number of halogens is 1. The van der Waals surface area contributed by atoms with Gasteiger partial charge in [0.2, 0.25) is 0 Å². The number of carboxylic acid groups (broad SMARTS) is 1. The molecule has 0 spiro atoms. The summed E-state index contributed by atoms with van der Waals surface area (Å²) in [5.74, 6) is -1.18. The van der Waals surface area contributed by atoms with Crippen molar-refractivity contribution in [2.75, 3.05) is 12.4 Å². The summed E-state index contributed by atoms with van der Waals surface area (Å²) in [6, 6.07) is 4.21. The molecule has 0 fully saturated rings. The number of nitrogens with zero attached hydrogens (tertiary/aromatic N) is 1. The van der Waals surface area contributed by atoms with Gasteiger partial charge in [0, 0.05) is 12.6 Å². The number of anilines is 1. The summed E-state index contributed by atoms with van der Waals surface area (Å²) >= 11 is 5.86. The minimum absolute atomic E-state index is 0.0905. The molecule has 0 aliphatic rings. The molecule has 2 N–H and O–H groups in total. The second-order valence-electron chi connectivity index (χ2n) is 5.12. The van der Waals surface area contributed by atoms with E-state index in [0.29, 0.717) is 0 Å². The summed E-state index contributed by atoms with van der Waals surface area (Å²) in [6.07, 6.45) is 0.776. The van der Waals surface area contributed by atoms with Crippen molar-refractivity contribution in [3.05, 3.63) is 28.8 Å². The summed E-state index contributed by atoms with van der Waals surface area (Å²) in [5, 5.41) is 11.8. The average Bonchev–Trinajstić information content (AvgIpc) is 2.37. The number of hydrogen-bond acceptors (Lipinski definition) is 2. The van der Waals surface area contributed by atoms with E-state index in [1.807, 2.05) is 20.8 Å². The summed E-state index contributed by atoms with van der Waals surface area (Å²) in [6.45, 7) is 5.84. The van der Waals surface area contributed by atoms with Crippen LogP contribution in [0.15, 0.2) is 18.2 Å². The molecular formula is C14H19ClN2O3. The van der Waals surface area contributed by atoms with Crippen molar-refractivity contribution < 1.29 is 14.7 Å². The molecule has 0 heterocycles. The number of aromatic carboxylic acids is 1. The molecule has 1 rings (SSSR count). The van der Waals surface area contributed by atoms with E-state index >= 15 is 0 Å². The van der Waals surface area contributed by atoms with Crippen LogP contribution in [-0.2, 0) is 0 Å². The Morgan fingerprint density at radius 1 is 1.40 bits per heavy atom. The Balaban J connectivity index is 3.03. The smallest absolute Gasteiger partial charge is 0.339 e. The highest BCUT2D eigenvalue weighted by Crippen LogP contribution is 2.25. The second kappa shape index (κ2) is 6.13. The van der Waals surface area contributed by atoms with Crippen LogP contribution >= 0.6 is 11.6 Å². The number of carbonyl (C=O) groups excluding carboxylic acids is 1. The van der Waals surface area contributed by atoms with E-state index in [1.165, 1.54) is 12.1 Å². The van der Waals surface area contributed by atoms with Gasteiger partial charge in [-0.2, -0.15) is 0 Å². The third kappa shape index (κ3) is 3.42. The first-order valence-electron chi connectivity index (χ1n) is 6.27. The zero-order valence-electron chi connectivity index (χ0n) is 12.0. The van der Waals surface area contributed by atoms with Crippen molar-refractivity contribution in [1.82, 2.24) is 4.90 Å². The van der Waals surface area contributed by atoms with Crippen molar-refractivity contribution in [1.29, 1.82) is 0 Å². The number of nitrogens with one attached hydrogen (secondary N) is 1. The quantitative estimate of drug-likeness (QED) is 0.890. The lowest BCUT2D eigenvalue weighted by atomic mass is 10.0. The van der Waals surface area contributed by atoms with Crippen molar-refractivity contribution in [2.45, 2.75) is 32.7 Å². The minimum atomic E-state index is -1.18. The van der Waals surface area contributed by atoms with Gasteiger partial charge in [0.25, 0.3) is 0 Å². The third-order valence-electron chi connectivity index (χ3n) is 3.55. The molecule has 0 saturated carbocycles. The Kier molecular flexibility index (Phi) is 5.00. The molecule has 110 valence electrons. The van der Waals surface area contributed by atoms with E-state index < -0.39 is 5.97 Å². The van der Waals surface area contributed by atoms with Gasteiger partial charge in [-0.25, -0.2) is 9.59 Å². The molecule has 1 aromatic rings. The lowest BCUT2D eigenvalue weighted by molar-refractivity contribution is 0.0698. The fourth-order valence-electron chi connectivity index (χ4n) is 1.56. The molecule has 1 aromatic carbocycles. The van der Waals surface area contributed by atoms with Crippen molar-refractivity contribution in [3.63, 3.8) is 0 Å². The largest absolute Gasteiger partial charge is 0.478 e. The summed E-state index contributed by atoms with van der Waals surface area (Å²) < 4.78 is 0. The van der Waals surface area contributed by atoms with Crippen LogP contribution in [0.1, 0.15) is 37.6 Å². The van der Waals surface area contributed by atoms with Gasteiger partial charge in [0.15, 0.2) is 0 Å². The first-order valence-corrected chi connectivity index (χ1v) is 6.65. The van der Waals surface area contributed by atoms with E-state index in [9.17, 15) is 9.59 Å². The van der Waals surface area contributed by atoms with Gasteiger partial charge in [-0.15, -0.1) is 0 Å². The highest BCUT2D eigenvalue weighted by atomic mass is 35.5. The highest BCUT2D eigenvalue weighted by molar-refractivity contribution is 6.34. The number of carboxylic acids is 1. The van der Waals surface area contributed by atoms with Gasteiger partial charge in [-0.05, 0) is 32.4 Å². The number of rotatable bonds is 4. The molecule has 6 heteroatoms. The molecule has 0 bridgehead atoms. The lowest BCUT2D eigenvalue weighted by Crippen LogP contribution is -2.46. The number of urea groups is 1. The molecule has 5 nitrogen and oxygen atoms in total. The van der Waals surface area contributed by atoms with Crippen LogP contribution in [0.3, 0.4) is 0 Å². The highest BCUT2D eigenvalue weighted by Gasteiger charge is 2.26. The zero-order chi connectivity index (χ0) is 15.5. The predicted molar refractivity (Wildman–Crippen MR) is 79.6 cm³/mol. The molecule has 0 aliphatic heterocycles. The summed E-state index contributed by atoms with van der Waals surface area (Å²) in [5.41, 5.74) is -0.245.